The second-order valence-corrected chi connectivity index (χ2v) is 5.57. The van der Waals surface area contributed by atoms with Gasteiger partial charge in [0.05, 0.1) is 11.4 Å². The predicted molar refractivity (Wildman–Crippen MR) is 98.3 cm³/mol. The van der Waals surface area contributed by atoms with E-state index in [1.54, 1.807) is 6.20 Å². The van der Waals surface area contributed by atoms with Crippen molar-refractivity contribution in [1.82, 2.24) is 9.97 Å². The maximum Gasteiger partial charge on any atom is 2.00 e. The topological polar surface area (TPSA) is 25.8 Å². The van der Waals surface area contributed by atoms with Crippen molar-refractivity contribution in [1.29, 1.82) is 0 Å². The monoisotopic (exact) mass is 573 g/mol. The molecule has 0 aliphatic heterocycles. The molecule has 0 unspecified atom stereocenters. The van der Waals surface area contributed by atoms with Crippen LogP contribution in [0.3, 0.4) is 0 Å². The van der Waals surface area contributed by atoms with E-state index in [0.717, 1.165) is 33.6 Å². The summed E-state index contributed by atoms with van der Waals surface area (Å²) >= 11 is 0. The maximum atomic E-state index is 4.74. The summed E-state index contributed by atoms with van der Waals surface area (Å²) in [6.45, 7) is 0. The minimum Gasteiger partial charge on any atom is -1.00 e. The number of hydrogen-bond donors (Lipinski definition) is 0. The second-order valence-electron chi connectivity index (χ2n) is 5.57. The molecule has 0 aliphatic rings. The van der Waals surface area contributed by atoms with Crippen LogP contribution in [0, 0.1) is 0 Å². The fraction of sp³-hybridized carbons (Fsp3) is 0. The molecule has 0 aliphatic carbocycles. The SMILES string of the molecule is [Cl-].[Cl-].[Pt+2].c1ccc(-c2cnc(-c3ccccn3)c(-c3ccccc3)c2)cc1. The summed E-state index contributed by atoms with van der Waals surface area (Å²) < 4.78 is 0. The van der Waals surface area contributed by atoms with Gasteiger partial charge >= 0.3 is 21.1 Å². The Morgan fingerprint density at radius 3 is 1.74 bits per heavy atom. The van der Waals surface area contributed by atoms with Gasteiger partial charge in [-0.05, 0) is 29.3 Å². The molecule has 0 saturated heterocycles. The minimum atomic E-state index is 0. The van der Waals surface area contributed by atoms with Crippen LogP contribution in [-0.4, -0.2) is 9.97 Å². The first-order valence-corrected chi connectivity index (χ1v) is 7.94. The molecule has 138 valence electrons. The van der Waals surface area contributed by atoms with E-state index in [0.29, 0.717) is 0 Å². The predicted octanol–water partition coefficient (Wildman–Crippen LogP) is -0.517. The Labute approximate surface area is 186 Å². The van der Waals surface area contributed by atoms with E-state index in [2.05, 4.69) is 35.3 Å². The van der Waals surface area contributed by atoms with Gasteiger partial charge in [-0.15, -0.1) is 0 Å². The summed E-state index contributed by atoms with van der Waals surface area (Å²) in [4.78, 5) is 9.21. The van der Waals surface area contributed by atoms with Crippen molar-refractivity contribution in [3.05, 3.63) is 97.3 Å². The number of nitrogens with zero attached hydrogens (tertiary/aromatic N) is 2. The smallest absolute Gasteiger partial charge is 1.00 e. The molecule has 2 heterocycles. The maximum absolute atomic E-state index is 4.74. The molecule has 0 radical (unpaired) electrons. The van der Waals surface area contributed by atoms with E-state index >= 15 is 0 Å². The fourth-order valence-electron chi connectivity index (χ4n) is 2.80. The Morgan fingerprint density at radius 2 is 1.15 bits per heavy atom. The molecule has 2 aromatic carbocycles. The van der Waals surface area contributed by atoms with Gasteiger partial charge in [0.15, 0.2) is 0 Å². The number of rotatable bonds is 3. The van der Waals surface area contributed by atoms with Crippen LogP contribution in [0.15, 0.2) is 97.3 Å². The molecular formula is C22H16Cl2N2Pt. The third-order valence-corrected chi connectivity index (χ3v) is 3.99. The molecule has 0 bridgehead atoms. The van der Waals surface area contributed by atoms with Gasteiger partial charge in [0.1, 0.15) is 0 Å². The van der Waals surface area contributed by atoms with Crippen LogP contribution in [0.2, 0.25) is 0 Å². The number of halogens is 2. The third-order valence-electron chi connectivity index (χ3n) is 3.99. The average Bonchev–Trinajstić information content (AvgIpc) is 2.69. The molecule has 5 heteroatoms. The molecule has 0 N–H and O–H groups in total. The molecule has 0 spiro atoms. The zero-order chi connectivity index (χ0) is 16.2. The van der Waals surface area contributed by atoms with Crippen molar-refractivity contribution in [2.45, 2.75) is 0 Å². The molecule has 0 atom stereocenters. The average molecular weight is 574 g/mol. The fourth-order valence-corrected chi connectivity index (χ4v) is 2.80. The van der Waals surface area contributed by atoms with E-state index < -0.39 is 0 Å². The molecule has 4 rings (SSSR count). The zero-order valence-corrected chi connectivity index (χ0v) is 18.0. The van der Waals surface area contributed by atoms with Crippen LogP contribution in [0.25, 0.3) is 33.6 Å². The van der Waals surface area contributed by atoms with Gasteiger partial charge in [-0.2, -0.15) is 0 Å². The molecule has 2 aromatic heterocycles. The van der Waals surface area contributed by atoms with Gasteiger partial charge in [-0.3, -0.25) is 9.97 Å². The van der Waals surface area contributed by atoms with Crippen molar-refractivity contribution in [3.63, 3.8) is 0 Å². The summed E-state index contributed by atoms with van der Waals surface area (Å²) in [5, 5.41) is 0. The Hall–Kier alpha value is -1.99. The van der Waals surface area contributed by atoms with E-state index in [1.807, 2.05) is 60.8 Å². The molecular weight excluding hydrogens is 558 g/mol. The number of aromatic nitrogens is 2. The van der Waals surface area contributed by atoms with Crippen molar-refractivity contribution in [3.8, 4) is 33.6 Å². The van der Waals surface area contributed by atoms with Crippen LogP contribution in [0.1, 0.15) is 0 Å². The van der Waals surface area contributed by atoms with Crippen molar-refractivity contribution >= 4 is 0 Å². The summed E-state index contributed by atoms with van der Waals surface area (Å²) in [5.41, 5.74) is 6.29. The second kappa shape index (κ2) is 11.0. The van der Waals surface area contributed by atoms with Crippen LogP contribution >= 0.6 is 0 Å². The molecule has 27 heavy (non-hydrogen) atoms. The Morgan fingerprint density at radius 1 is 0.556 bits per heavy atom. The molecule has 0 fully saturated rings. The van der Waals surface area contributed by atoms with Gasteiger partial charge in [0, 0.05) is 23.5 Å². The Kier molecular flexibility index (Phi) is 9.38. The van der Waals surface area contributed by atoms with Crippen LogP contribution < -0.4 is 24.8 Å². The minimum absolute atomic E-state index is 0. The quantitative estimate of drug-likeness (QED) is 0.330. The first-order valence-electron chi connectivity index (χ1n) is 7.94. The largest absolute Gasteiger partial charge is 2.00 e. The summed E-state index contributed by atoms with van der Waals surface area (Å²) in [6, 6.07) is 28.8. The summed E-state index contributed by atoms with van der Waals surface area (Å²) in [7, 11) is 0. The van der Waals surface area contributed by atoms with E-state index in [-0.39, 0.29) is 45.9 Å². The van der Waals surface area contributed by atoms with Gasteiger partial charge in [0.25, 0.3) is 0 Å². The first kappa shape index (κ1) is 23.0. The molecule has 4 aromatic rings. The van der Waals surface area contributed by atoms with Crippen molar-refractivity contribution < 1.29 is 45.9 Å². The number of pyridine rings is 2. The number of benzene rings is 2. The number of hydrogen-bond acceptors (Lipinski definition) is 2. The standard InChI is InChI=1S/C22H16N2.2ClH.Pt/c1-3-9-17(10-4-1)19-15-20(18-11-5-2-6-12-18)22(24-16-19)21-13-7-8-14-23-21;;;/h1-16H;2*1H;/q;;;+2/p-2. The van der Waals surface area contributed by atoms with Crippen LogP contribution in [0.5, 0.6) is 0 Å². The van der Waals surface area contributed by atoms with Gasteiger partial charge in [0.2, 0.25) is 0 Å². The first-order chi connectivity index (χ1) is 11.9. The molecule has 0 saturated carbocycles. The summed E-state index contributed by atoms with van der Waals surface area (Å²) in [5.74, 6) is 0. The van der Waals surface area contributed by atoms with Crippen molar-refractivity contribution in [2.75, 3.05) is 0 Å². The van der Waals surface area contributed by atoms with E-state index in [1.165, 1.54) is 0 Å². The summed E-state index contributed by atoms with van der Waals surface area (Å²) in [6.07, 6.45) is 3.72. The zero-order valence-electron chi connectivity index (χ0n) is 14.2. The van der Waals surface area contributed by atoms with Crippen LogP contribution in [0.4, 0.5) is 0 Å². The third kappa shape index (κ3) is 5.26. The van der Waals surface area contributed by atoms with Crippen LogP contribution in [-0.2, 0) is 21.1 Å². The van der Waals surface area contributed by atoms with E-state index in [4.69, 9.17) is 4.98 Å². The van der Waals surface area contributed by atoms with Gasteiger partial charge < -0.3 is 24.8 Å². The van der Waals surface area contributed by atoms with Crippen molar-refractivity contribution in [2.24, 2.45) is 0 Å². The molecule has 2 nitrogen and oxygen atoms in total. The van der Waals surface area contributed by atoms with Gasteiger partial charge in [-0.25, -0.2) is 0 Å². The van der Waals surface area contributed by atoms with Gasteiger partial charge in [-0.1, -0.05) is 66.7 Å². The normalized spacial score (nSPS) is 9.33. The Bertz CT molecular complexity index is 950. The Balaban J connectivity index is 0.00000121. The molecule has 0 amide bonds. The van der Waals surface area contributed by atoms with E-state index in [9.17, 15) is 0 Å².